The van der Waals surface area contributed by atoms with Crippen LogP contribution < -0.4 is 5.73 Å². The number of nitrogens with two attached hydrogens (primary N) is 1. The van der Waals surface area contributed by atoms with Gasteiger partial charge in [0.15, 0.2) is 0 Å². The third-order valence-electron chi connectivity index (χ3n) is 5.62. The fourth-order valence-corrected chi connectivity index (χ4v) is 4.29. The molecular weight excluding hydrogens is 326 g/mol. The van der Waals surface area contributed by atoms with Crippen molar-refractivity contribution in [3.8, 4) is 0 Å². The summed E-state index contributed by atoms with van der Waals surface area (Å²) in [6.07, 6.45) is 5.72. The van der Waals surface area contributed by atoms with Gasteiger partial charge < -0.3 is 10.6 Å². The van der Waals surface area contributed by atoms with E-state index >= 15 is 0 Å². The Morgan fingerprint density at radius 2 is 2.00 bits per heavy atom. The predicted octanol–water partition coefficient (Wildman–Crippen LogP) is 1.64. The normalized spacial score (nSPS) is 23.7. The third kappa shape index (κ3) is 3.39. The fraction of sp³-hybridized carbons (Fsp3) is 0.500. The molecule has 4 rings (SSSR count). The van der Waals surface area contributed by atoms with E-state index in [1.165, 1.54) is 5.56 Å². The van der Waals surface area contributed by atoms with Gasteiger partial charge in [0.25, 0.3) is 0 Å². The molecule has 0 saturated carbocycles. The molecule has 1 aliphatic heterocycles. The smallest absolute Gasteiger partial charge is 0.230 e. The van der Waals surface area contributed by atoms with E-state index < -0.39 is 0 Å². The number of carbonyl (C=O) groups excluding carboxylic acids is 1. The maximum absolute atomic E-state index is 13.2. The third-order valence-corrected chi connectivity index (χ3v) is 5.62. The molecule has 138 valence electrons. The van der Waals surface area contributed by atoms with Gasteiger partial charge in [0.05, 0.1) is 12.1 Å². The molecule has 6 nitrogen and oxygen atoms in total. The molecule has 6 heteroatoms. The van der Waals surface area contributed by atoms with E-state index in [2.05, 4.69) is 28.3 Å². The molecular formula is C20H27N5O. The zero-order chi connectivity index (χ0) is 18.1. The van der Waals surface area contributed by atoms with Gasteiger partial charge in [0, 0.05) is 57.6 Å². The van der Waals surface area contributed by atoms with Crippen LogP contribution in [0.25, 0.3) is 0 Å². The lowest BCUT2D eigenvalue weighted by molar-refractivity contribution is -0.132. The summed E-state index contributed by atoms with van der Waals surface area (Å²) >= 11 is 0. The molecule has 2 aliphatic rings. The molecule has 26 heavy (non-hydrogen) atoms. The standard InChI is InChI=1S/C20H27N5O/c1-23-13-15(12-22-23)14-24-7-4-8-25(10-9-24)20(26)18-11-19(21)17-6-3-2-5-16(17)18/h2-3,5-6,12-13,18-19H,4,7-11,14,21H2,1H3. The highest BCUT2D eigenvalue weighted by atomic mass is 16.2. The minimum absolute atomic E-state index is 0.0193. The van der Waals surface area contributed by atoms with Gasteiger partial charge >= 0.3 is 0 Å². The number of rotatable bonds is 3. The first-order valence-corrected chi connectivity index (χ1v) is 9.45. The zero-order valence-electron chi connectivity index (χ0n) is 15.3. The van der Waals surface area contributed by atoms with Crippen LogP contribution in [0.3, 0.4) is 0 Å². The van der Waals surface area contributed by atoms with Crippen LogP contribution in [0.5, 0.6) is 0 Å². The first-order chi connectivity index (χ1) is 12.6. The second kappa shape index (κ2) is 7.21. The predicted molar refractivity (Wildman–Crippen MR) is 100 cm³/mol. The van der Waals surface area contributed by atoms with Crippen molar-refractivity contribution in [1.29, 1.82) is 0 Å². The van der Waals surface area contributed by atoms with Gasteiger partial charge in [0.2, 0.25) is 5.91 Å². The van der Waals surface area contributed by atoms with E-state index in [1.54, 1.807) is 0 Å². The Bertz CT molecular complexity index is 786. The topological polar surface area (TPSA) is 67.4 Å². The van der Waals surface area contributed by atoms with Crippen LogP contribution in [0.15, 0.2) is 36.7 Å². The van der Waals surface area contributed by atoms with E-state index in [0.717, 1.165) is 56.7 Å². The van der Waals surface area contributed by atoms with Crippen LogP contribution in [0, 0.1) is 0 Å². The summed E-state index contributed by atoms with van der Waals surface area (Å²) in [6.45, 7) is 4.43. The number of carbonyl (C=O) groups is 1. The van der Waals surface area contributed by atoms with Gasteiger partial charge in [-0.05, 0) is 24.0 Å². The summed E-state index contributed by atoms with van der Waals surface area (Å²) in [5.74, 6) is 0.166. The molecule has 0 radical (unpaired) electrons. The Morgan fingerprint density at radius 3 is 2.77 bits per heavy atom. The lowest BCUT2D eigenvalue weighted by Crippen LogP contribution is -2.37. The Morgan fingerprint density at radius 1 is 1.19 bits per heavy atom. The highest BCUT2D eigenvalue weighted by Crippen LogP contribution is 2.39. The molecule has 0 bridgehead atoms. The maximum Gasteiger partial charge on any atom is 0.230 e. The summed E-state index contributed by atoms with van der Waals surface area (Å²) < 4.78 is 1.84. The van der Waals surface area contributed by atoms with Crippen LogP contribution in [0.4, 0.5) is 0 Å². The lowest BCUT2D eigenvalue weighted by Gasteiger charge is -2.25. The minimum atomic E-state index is -0.0777. The first-order valence-electron chi connectivity index (χ1n) is 9.45. The molecule has 2 unspecified atom stereocenters. The van der Waals surface area contributed by atoms with Crippen molar-refractivity contribution in [3.63, 3.8) is 0 Å². The molecule has 2 aromatic rings. The number of fused-ring (bicyclic) bond motifs is 1. The van der Waals surface area contributed by atoms with Gasteiger partial charge in [-0.15, -0.1) is 0 Å². The van der Waals surface area contributed by atoms with Crippen LogP contribution in [-0.4, -0.2) is 51.7 Å². The van der Waals surface area contributed by atoms with Crippen molar-refractivity contribution in [3.05, 3.63) is 53.3 Å². The molecule has 1 saturated heterocycles. The Hall–Kier alpha value is -2.18. The number of amides is 1. The van der Waals surface area contributed by atoms with Gasteiger partial charge in [-0.1, -0.05) is 24.3 Å². The van der Waals surface area contributed by atoms with Gasteiger partial charge in [-0.3, -0.25) is 14.4 Å². The molecule has 0 spiro atoms. The summed E-state index contributed by atoms with van der Waals surface area (Å²) in [5, 5.41) is 4.24. The largest absolute Gasteiger partial charge is 0.341 e. The summed E-state index contributed by atoms with van der Waals surface area (Å²) in [6, 6.07) is 8.13. The summed E-state index contributed by atoms with van der Waals surface area (Å²) in [5.41, 5.74) is 9.75. The molecule has 2 atom stereocenters. The van der Waals surface area contributed by atoms with Crippen molar-refractivity contribution >= 4 is 5.91 Å². The Balaban J connectivity index is 1.40. The average molecular weight is 353 g/mol. The van der Waals surface area contributed by atoms with Crippen LogP contribution in [0.1, 0.15) is 41.5 Å². The van der Waals surface area contributed by atoms with E-state index in [4.69, 9.17) is 5.73 Å². The monoisotopic (exact) mass is 353 g/mol. The molecule has 2 heterocycles. The van der Waals surface area contributed by atoms with Crippen molar-refractivity contribution in [2.24, 2.45) is 12.8 Å². The van der Waals surface area contributed by atoms with Crippen LogP contribution >= 0.6 is 0 Å². The molecule has 1 aromatic carbocycles. The van der Waals surface area contributed by atoms with E-state index in [9.17, 15) is 4.79 Å². The number of aryl methyl sites for hydroxylation is 1. The minimum Gasteiger partial charge on any atom is -0.341 e. The number of hydrogen-bond donors (Lipinski definition) is 1. The molecule has 1 amide bonds. The fourth-order valence-electron chi connectivity index (χ4n) is 4.29. The van der Waals surface area contributed by atoms with Crippen molar-refractivity contribution < 1.29 is 4.79 Å². The second-order valence-corrected chi connectivity index (χ2v) is 7.50. The van der Waals surface area contributed by atoms with Crippen molar-refractivity contribution in [2.45, 2.75) is 31.3 Å². The van der Waals surface area contributed by atoms with Crippen LogP contribution in [-0.2, 0) is 18.4 Å². The molecule has 1 fully saturated rings. The van der Waals surface area contributed by atoms with Gasteiger partial charge in [0.1, 0.15) is 0 Å². The molecule has 1 aromatic heterocycles. The van der Waals surface area contributed by atoms with Crippen LogP contribution in [0.2, 0.25) is 0 Å². The van der Waals surface area contributed by atoms with Gasteiger partial charge in [-0.2, -0.15) is 5.10 Å². The lowest BCUT2D eigenvalue weighted by atomic mass is 10.00. The number of benzene rings is 1. The van der Waals surface area contributed by atoms with Crippen molar-refractivity contribution in [2.75, 3.05) is 26.2 Å². The number of hydrogen-bond acceptors (Lipinski definition) is 4. The molecule has 1 aliphatic carbocycles. The Kier molecular flexibility index (Phi) is 4.78. The highest BCUT2D eigenvalue weighted by Gasteiger charge is 2.36. The second-order valence-electron chi connectivity index (χ2n) is 7.50. The van der Waals surface area contributed by atoms with E-state index in [1.807, 2.05) is 35.0 Å². The maximum atomic E-state index is 13.2. The highest BCUT2D eigenvalue weighted by molar-refractivity contribution is 5.85. The zero-order valence-corrected chi connectivity index (χ0v) is 15.3. The Labute approximate surface area is 154 Å². The van der Waals surface area contributed by atoms with Crippen molar-refractivity contribution in [1.82, 2.24) is 19.6 Å². The summed E-state index contributed by atoms with van der Waals surface area (Å²) in [7, 11) is 1.94. The average Bonchev–Trinajstić information content (AvgIpc) is 3.10. The first kappa shape index (κ1) is 17.2. The number of aromatic nitrogens is 2. The van der Waals surface area contributed by atoms with Gasteiger partial charge in [-0.25, -0.2) is 0 Å². The SMILES string of the molecule is Cn1cc(CN2CCCN(C(=O)C3CC(N)c4ccccc43)CC2)cn1. The van der Waals surface area contributed by atoms with E-state index in [0.29, 0.717) is 0 Å². The summed E-state index contributed by atoms with van der Waals surface area (Å²) in [4.78, 5) is 17.6. The quantitative estimate of drug-likeness (QED) is 0.911. The van der Waals surface area contributed by atoms with E-state index in [-0.39, 0.29) is 17.9 Å². The molecule has 2 N–H and O–H groups in total. The number of nitrogens with zero attached hydrogens (tertiary/aromatic N) is 4.